The first kappa shape index (κ1) is 11.2. The third-order valence-corrected chi connectivity index (χ3v) is 3.64. The predicted octanol–water partition coefficient (Wildman–Crippen LogP) is 3.56. The van der Waals surface area contributed by atoms with Crippen molar-refractivity contribution in [3.63, 3.8) is 0 Å². The van der Waals surface area contributed by atoms with Gasteiger partial charge in [-0.15, -0.1) is 0 Å². The first-order chi connectivity index (χ1) is 7.64. The maximum absolute atomic E-state index is 11.0. The van der Waals surface area contributed by atoms with Crippen LogP contribution in [0.15, 0.2) is 23.5 Å². The van der Waals surface area contributed by atoms with Crippen molar-refractivity contribution in [2.75, 3.05) is 7.11 Å². The number of carbonyl (C=O) groups is 1. The molecule has 0 radical (unpaired) electrons. The summed E-state index contributed by atoms with van der Waals surface area (Å²) in [5.41, 5.74) is 1.71. The molecule has 1 unspecified atom stereocenters. The number of ether oxygens (including phenoxy) is 2. The summed E-state index contributed by atoms with van der Waals surface area (Å²) in [6.45, 7) is 2.30. The monoisotopic (exact) mass is 222 g/mol. The van der Waals surface area contributed by atoms with Crippen LogP contribution in [0.5, 0.6) is 0 Å². The van der Waals surface area contributed by atoms with Crippen LogP contribution in [0.3, 0.4) is 0 Å². The second kappa shape index (κ2) is 4.32. The van der Waals surface area contributed by atoms with E-state index in [9.17, 15) is 4.79 Å². The van der Waals surface area contributed by atoms with Gasteiger partial charge in [0, 0.05) is 0 Å². The Morgan fingerprint density at radius 1 is 1.44 bits per heavy atom. The Kier molecular flexibility index (Phi) is 3.03. The van der Waals surface area contributed by atoms with Crippen molar-refractivity contribution in [3.8, 4) is 0 Å². The van der Waals surface area contributed by atoms with Crippen molar-refractivity contribution in [3.05, 3.63) is 23.5 Å². The fourth-order valence-electron chi connectivity index (χ4n) is 2.54. The fourth-order valence-corrected chi connectivity index (χ4v) is 2.54. The lowest BCUT2D eigenvalue weighted by molar-refractivity contribution is 0.0983. The molecule has 0 aliphatic heterocycles. The summed E-state index contributed by atoms with van der Waals surface area (Å²) in [4.78, 5) is 11.0. The quantitative estimate of drug-likeness (QED) is 0.636. The molecule has 1 atom stereocenters. The fraction of sp³-hybridized carbons (Fsp3) is 0.615. The summed E-state index contributed by atoms with van der Waals surface area (Å²) in [5.74, 6) is 0.640. The van der Waals surface area contributed by atoms with E-state index in [0.29, 0.717) is 11.2 Å². The molecule has 2 rings (SSSR count). The zero-order valence-electron chi connectivity index (χ0n) is 9.91. The average Bonchev–Trinajstić information content (AvgIpc) is 2.29. The number of rotatable bonds is 1. The summed E-state index contributed by atoms with van der Waals surface area (Å²) in [6.07, 6.45) is 9.24. The van der Waals surface area contributed by atoms with E-state index in [2.05, 4.69) is 11.7 Å². The van der Waals surface area contributed by atoms with Crippen LogP contribution in [-0.2, 0) is 9.47 Å². The molecule has 0 saturated heterocycles. The van der Waals surface area contributed by atoms with Crippen molar-refractivity contribution in [1.82, 2.24) is 0 Å². The van der Waals surface area contributed by atoms with Crippen molar-refractivity contribution >= 4 is 6.16 Å². The highest BCUT2D eigenvalue weighted by molar-refractivity contribution is 5.62. The van der Waals surface area contributed by atoms with Crippen LogP contribution >= 0.6 is 0 Å². The maximum Gasteiger partial charge on any atom is 0.513 e. The summed E-state index contributed by atoms with van der Waals surface area (Å²) in [5, 5.41) is 0. The number of fused-ring (bicyclic) bond motifs is 1. The number of methoxy groups -OCH3 is 1. The standard InChI is InChI=1S/C13H18O3/c1-13-7-4-3-5-10(13)9-11(6-8-13)16-12(14)15-2/h6,9H,3-5,7-8H2,1-2H3. The first-order valence-corrected chi connectivity index (χ1v) is 5.81. The van der Waals surface area contributed by atoms with Crippen LogP contribution in [-0.4, -0.2) is 13.3 Å². The average molecular weight is 222 g/mol. The molecule has 16 heavy (non-hydrogen) atoms. The molecule has 1 saturated carbocycles. The topological polar surface area (TPSA) is 35.5 Å². The molecule has 0 spiro atoms. The minimum Gasteiger partial charge on any atom is -0.437 e. The highest BCUT2D eigenvalue weighted by Crippen LogP contribution is 2.46. The van der Waals surface area contributed by atoms with Gasteiger partial charge in [-0.1, -0.05) is 18.9 Å². The van der Waals surface area contributed by atoms with Gasteiger partial charge < -0.3 is 9.47 Å². The van der Waals surface area contributed by atoms with E-state index in [1.165, 1.54) is 31.9 Å². The second-order valence-electron chi connectivity index (χ2n) is 4.80. The zero-order chi connectivity index (χ0) is 11.6. The van der Waals surface area contributed by atoms with Crippen molar-refractivity contribution in [1.29, 1.82) is 0 Å². The van der Waals surface area contributed by atoms with Gasteiger partial charge >= 0.3 is 6.16 Å². The van der Waals surface area contributed by atoms with E-state index in [1.54, 1.807) is 0 Å². The third kappa shape index (κ3) is 2.13. The Labute approximate surface area is 96.1 Å². The molecule has 0 heterocycles. The normalized spacial score (nSPS) is 28.6. The SMILES string of the molecule is COC(=O)OC1=CCC2(C)CCCCC2=C1. The van der Waals surface area contributed by atoms with Gasteiger partial charge in [0.1, 0.15) is 5.76 Å². The number of allylic oxidation sites excluding steroid dienone is 3. The summed E-state index contributed by atoms with van der Waals surface area (Å²) in [6, 6.07) is 0. The minimum atomic E-state index is -0.637. The van der Waals surface area contributed by atoms with Crippen LogP contribution in [0.25, 0.3) is 0 Å². The first-order valence-electron chi connectivity index (χ1n) is 5.81. The largest absolute Gasteiger partial charge is 0.513 e. The third-order valence-electron chi connectivity index (χ3n) is 3.64. The lowest BCUT2D eigenvalue weighted by Crippen LogP contribution is -2.25. The Balaban J connectivity index is 2.10. The van der Waals surface area contributed by atoms with Gasteiger partial charge in [0.25, 0.3) is 0 Å². The molecule has 0 aromatic heterocycles. The van der Waals surface area contributed by atoms with E-state index >= 15 is 0 Å². The lowest BCUT2D eigenvalue weighted by atomic mass is 9.68. The van der Waals surface area contributed by atoms with Crippen molar-refractivity contribution in [2.45, 2.75) is 39.0 Å². The molecular formula is C13H18O3. The van der Waals surface area contributed by atoms with Crippen molar-refractivity contribution < 1.29 is 14.3 Å². The van der Waals surface area contributed by atoms with Crippen molar-refractivity contribution in [2.24, 2.45) is 5.41 Å². The number of carbonyl (C=O) groups excluding carboxylic acids is 1. The molecule has 88 valence electrons. The highest BCUT2D eigenvalue weighted by atomic mass is 16.7. The summed E-state index contributed by atoms with van der Waals surface area (Å²) in [7, 11) is 1.32. The second-order valence-corrected chi connectivity index (χ2v) is 4.80. The van der Waals surface area contributed by atoms with Crippen LogP contribution < -0.4 is 0 Å². The van der Waals surface area contributed by atoms with E-state index in [-0.39, 0.29) is 0 Å². The van der Waals surface area contributed by atoms with E-state index < -0.39 is 6.16 Å². The molecule has 2 aliphatic carbocycles. The lowest BCUT2D eigenvalue weighted by Gasteiger charge is -2.38. The van der Waals surface area contributed by atoms with Crippen LogP contribution in [0, 0.1) is 5.41 Å². The molecule has 2 aliphatic rings. The van der Waals surface area contributed by atoms with Gasteiger partial charge in [0.2, 0.25) is 0 Å². The smallest absolute Gasteiger partial charge is 0.437 e. The van der Waals surface area contributed by atoms with Crippen LogP contribution in [0.2, 0.25) is 0 Å². The van der Waals surface area contributed by atoms with E-state index in [0.717, 1.165) is 12.8 Å². The van der Waals surface area contributed by atoms with Gasteiger partial charge in [0.05, 0.1) is 7.11 Å². The molecular weight excluding hydrogens is 204 g/mol. The molecule has 0 amide bonds. The maximum atomic E-state index is 11.0. The Morgan fingerprint density at radius 2 is 2.25 bits per heavy atom. The number of hydrogen-bond acceptors (Lipinski definition) is 3. The van der Waals surface area contributed by atoms with Gasteiger partial charge in [0.15, 0.2) is 0 Å². The molecule has 3 heteroatoms. The Hall–Kier alpha value is -1.25. The minimum absolute atomic E-state index is 0.293. The highest BCUT2D eigenvalue weighted by Gasteiger charge is 2.33. The number of hydrogen-bond donors (Lipinski definition) is 0. The molecule has 0 aromatic carbocycles. The van der Waals surface area contributed by atoms with Crippen LogP contribution in [0.1, 0.15) is 39.0 Å². The Morgan fingerprint density at radius 3 is 3.00 bits per heavy atom. The van der Waals surface area contributed by atoms with E-state index in [1.807, 2.05) is 12.2 Å². The van der Waals surface area contributed by atoms with Gasteiger partial charge in [-0.05, 0) is 43.3 Å². The molecule has 3 nitrogen and oxygen atoms in total. The molecule has 1 fully saturated rings. The molecule has 0 N–H and O–H groups in total. The Bertz CT molecular complexity index is 354. The van der Waals surface area contributed by atoms with Gasteiger partial charge in [-0.2, -0.15) is 0 Å². The van der Waals surface area contributed by atoms with E-state index in [4.69, 9.17) is 4.74 Å². The van der Waals surface area contributed by atoms with Gasteiger partial charge in [-0.3, -0.25) is 0 Å². The predicted molar refractivity (Wildman–Crippen MR) is 60.8 cm³/mol. The summed E-state index contributed by atoms with van der Waals surface area (Å²) < 4.78 is 9.54. The zero-order valence-corrected chi connectivity index (χ0v) is 9.91. The van der Waals surface area contributed by atoms with Crippen LogP contribution in [0.4, 0.5) is 4.79 Å². The molecule has 0 bridgehead atoms. The summed E-state index contributed by atoms with van der Waals surface area (Å²) >= 11 is 0. The van der Waals surface area contributed by atoms with Gasteiger partial charge in [-0.25, -0.2) is 4.79 Å². The molecule has 0 aromatic rings.